The second kappa shape index (κ2) is 9.49. The van der Waals surface area contributed by atoms with Gasteiger partial charge in [0.15, 0.2) is 0 Å². The topological polar surface area (TPSA) is 66.3 Å². The van der Waals surface area contributed by atoms with Gasteiger partial charge < -0.3 is 10.2 Å². The van der Waals surface area contributed by atoms with Gasteiger partial charge in [-0.05, 0) is 42.0 Å². The summed E-state index contributed by atoms with van der Waals surface area (Å²) in [7, 11) is 0. The predicted molar refractivity (Wildman–Crippen MR) is 114 cm³/mol. The van der Waals surface area contributed by atoms with E-state index in [9.17, 15) is 9.18 Å². The molecule has 8 heteroatoms. The molecule has 2 aromatic carbocycles. The monoisotopic (exact) mass is 408 g/mol. The predicted octanol–water partition coefficient (Wildman–Crippen LogP) is 2.62. The SMILES string of the molecule is O=C(CCN1CCN(c2ccc(F)cc2)CC1)Nc1ccc(Cn2cncn2)cc1. The van der Waals surface area contributed by atoms with Crippen molar-refractivity contribution in [2.75, 3.05) is 42.9 Å². The van der Waals surface area contributed by atoms with E-state index in [0.717, 1.165) is 49.7 Å². The van der Waals surface area contributed by atoms with Crippen molar-refractivity contribution < 1.29 is 9.18 Å². The van der Waals surface area contributed by atoms with Gasteiger partial charge in [-0.3, -0.25) is 9.69 Å². The van der Waals surface area contributed by atoms with Gasteiger partial charge in [-0.15, -0.1) is 0 Å². The number of carbonyl (C=O) groups is 1. The third-order valence-electron chi connectivity index (χ3n) is 5.27. The molecule has 1 aliphatic heterocycles. The van der Waals surface area contributed by atoms with E-state index in [0.29, 0.717) is 13.0 Å². The van der Waals surface area contributed by atoms with Crippen LogP contribution in [0.1, 0.15) is 12.0 Å². The fourth-order valence-electron chi connectivity index (χ4n) is 3.56. The Morgan fingerprint density at radius 1 is 1.00 bits per heavy atom. The molecule has 0 saturated carbocycles. The van der Waals surface area contributed by atoms with Crippen LogP contribution in [0.15, 0.2) is 61.2 Å². The van der Waals surface area contributed by atoms with Crippen molar-refractivity contribution in [1.29, 1.82) is 0 Å². The van der Waals surface area contributed by atoms with E-state index in [1.165, 1.54) is 18.5 Å². The number of carbonyl (C=O) groups excluding carboxylic acids is 1. The van der Waals surface area contributed by atoms with Crippen LogP contribution in [-0.4, -0.2) is 58.3 Å². The normalized spacial score (nSPS) is 14.6. The number of hydrogen-bond donors (Lipinski definition) is 1. The van der Waals surface area contributed by atoms with Crippen molar-refractivity contribution in [3.05, 3.63) is 72.6 Å². The lowest BCUT2D eigenvalue weighted by molar-refractivity contribution is -0.116. The Hall–Kier alpha value is -3.26. The van der Waals surface area contributed by atoms with E-state index < -0.39 is 0 Å². The molecule has 2 heterocycles. The number of amides is 1. The lowest BCUT2D eigenvalue weighted by atomic mass is 10.2. The van der Waals surface area contributed by atoms with Gasteiger partial charge in [0.1, 0.15) is 18.5 Å². The van der Waals surface area contributed by atoms with Gasteiger partial charge in [-0.1, -0.05) is 12.1 Å². The van der Waals surface area contributed by atoms with Crippen LogP contribution in [0.4, 0.5) is 15.8 Å². The molecular weight excluding hydrogens is 383 g/mol. The number of hydrogen-bond acceptors (Lipinski definition) is 5. The summed E-state index contributed by atoms with van der Waals surface area (Å²) in [6.07, 6.45) is 3.64. The van der Waals surface area contributed by atoms with Gasteiger partial charge in [0.2, 0.25) is 5.91 Å². The second-order valence-corrected chi connectivity index (χ2v) is 7.39. The minimum Gasteiger partial charge on any atom is -0.369 e. The zero-order valence-electron chi connectivity index (χ0n) is 16.7. The maximum absolute atomic E-state index is 13.1. The first-order valence-electron chi connectivity index (χ1n) is 10.1. The van der Waals surface area contributed by atoms with Gasteiger partial charge in [0, 0.05) is 50.5 Å². The molecule has 1 amide bonds. The molecule has 0 atom stereocenters. The van der Waals surface area contributed by atoms with Crippen LogP contribution >= 0.6 is 0 Å². The second-order valence-electron chi connectivity index (χ2n) is 7.39. The Bertz CT molecular complexity index is 935. The molecule has 0 spiro atoms. The van der Waals surface area contributed by atoms with Crippen LogP contribution in [0, 0.1) is 5.82 Å². The Balaban J connectivity index is 1.18. The summed E-state index contributed by atoms with van der Waals surface area (Å²) in [4.78, 5) is 20.8. The van der Waals surface area contributed by atoms with E-state index in [-0.39, 0.29) is 11.7 Å². The van der Waals surface area contributed by atoms with E-state index in [4.69, 9.17) is 0 Å². The summed E-state index contributed by atoms with van der Waals surface area (Å²) in [6, 6.07) is 14.4. The lowest BCUT2D eigenvalue weighted by Gasteiger charge is -2.36. The smallest absolute Gasteiger partial charge is 0.225 e. The average Bonchev–Trinajstić information content (AvgIpc) is 3.28. The third-order valence-corrected chi connectivity index (χ3v) is 5.27. The Morgan fingerprint density at radius 3 is 2.40 bits per heavy atom. The number of nitrogens with zero attached hydrogens (tertiary/aromatic N) is 5. The molecule has 1 N–H and O–H groups in total. The largest absolute Gasteiger partial charge is 0.369 e. The minimum absolute atomic E-state index is 0.0139. The summed E-state index contributed by atoms with van der Waals surface area (Å²) in [6.45, 7) is 4.91. The molecule has 1 aliphatic rings. The standard InChI is InChI=1S/C22H25FN6O/c23-19-3-7-21(8-4-19)28-13-11-27(12-14-28)10-9-22(30)26-20-5-1-18(2-6-20)15-29-17-24-16-25-29/h1-8,16-17H,9-15H2,(H,26,30). The minimum atomic E-state index is -0.215. The number of halogens is 1. The van der Waals surface area contributed by atoms with Crippen molar-refractivity contribution >= 4 is 17.3 Å². The molecule has 0 radical (unpaired) electrons. The zero-order valence-corrected chi connectivity index (χ0v) is 16.7. The van der Waals surface area contributed by atoms with Crippen LogP contribution < -0.4 is 10.2 Å². The van der Waals surface area contributed by atoms with Crippen LogP contribution in [-0.2, 0) is 11.3 Å². The van der Waals surface area contributed by atoms with E-state index in [1.54, 1.807) is 11.0 Å². The molecule has 156 valence electrons. The number of rotatable bonds is 7. The molecule has 1 fully saturated rings. The first-order valence-corrected chi connectivity index (χ1v) is 10.1. The number of anilines is 2. The quantitative estimate of drug-likeness (QED) is 0.651. The Labute approximate surface area is 175 Å². The van der Waals surface area contributed by atoms with Crippen molar-refractivity contribution in [2.45, 2.75) is 13.0 Å². The van der Waals surface area contributed by atoms with Crippen LogP contribution in [0.3, 0.4) is 0 Å². The van der Waals surface area contributed by atoms with Gasteiger partial charge >= 0.3 is 0 Å². The van der Waals surface area contributed by atoms with Crippen molar-refractivity contribution in [1.82, 2.24) is 19.7 Å². The average molecular weight is 408 g/mol. The van der Waals surface area contributed by atoms with Crippen LogP contribution in [0.2, 0.25) is 0 Å². The summed E-state index contributed by atoms with van der Waals surface area (Å²) < 4.78 is 14.8. The highest BCUT2D eigenvalue weighted by Gasteiger charge is 2.18. The maximum atomic E-state index is 13.1. The number of aromatic nitrogens is 3. The van der Waals surface area contributed by atoms with Gasteiger partial charge in [0.25, 0.3) is 0 Å². The summed E-state index contributed by atoms with van der Waals surface area (Å²) in [5, 5.41) is 7.05. The number of nitrogens with one attached hydrogen (secondary N) is 1. The molecule has 30 heavy (non-hydrogen) atoms. The molecule has 1 saturated heterocycles. The maximum Gasteiger partial charge on any atom is 0.225 e. The first kappa shape index (κ1) is 20.0. The van der Waals surface area contributed by atoms with Crippen molar-refractivity contribution in [3.63, 3.8) is 0 Å². The van der Waals surface area contributed by atoms with Crippen LogP contribution in [0.5, 0.6) is 0 Å². The highest BCUT2D eigenvalue weighted by atomic mass is 19.1. The zero-order chi connectivity index (χ0) is 20.8. The fourth-order valence-corrected chi connectivity index (χ4v) is 3.56. The third kappa shape index (κ3) is 5.42. The Morgan fingerprint density at radius 2 is 1.73 bits per heavy atom. The summed E-state index contributed by atoms with van der Waals surface area (Å²) in [5.74, 6) is -0.201. The van der Waals surface area contributed by atoms with Gasteiger partial charge in [-0.2, -0.15) is 5.10 Å². The molecule has 0 unspecified atom stereocenters. The van der Waals surface area contributed by atoms with Crippen molar-refractivity contribution in [2.24, 2.45) is 0 Å². The molecule has 7 nitrogen and oxygen atoms in total. The highest BCUT2D eigenvalue weighted by Crippen LogP contribution is 2.17. The van der Waals surface area contributed by atoms with E-state index in [1.807, 2.05) is 36.4 Å². The number of benzene rings is 2. The van der Waals surface area contributed by atoms with E-state index in [2.05, 4.69) is 25.2 Å². The van der Waals surface area contributed by atoms with E-state index >= 15 is 0 Å². The van der Waals surface area contributed by atoms with Gasteiger partial charge in [-0.25, -0.2) is 14.1 Å². The molecule has 0 aliphatic carbocycles. The van der Waals surface area contributed by atoms with Gasteiger partial charge in [0.05, 0.1) is 6.54 Å². The highest BCUT2D eigenvalue weighted by molar-refractivity contribution is 5.90. The Kier molecular flexibility index (Phi) is 6.34. The molecule has 1 aromatic heterocycles. The number of piperazine rings is 1. The molecule has 4 rings (SSSR count). The summed E-state index contributed by atoms with van der Waals surface area (Å²) in [5.41, 5.74) is 2.93. The molecule has 0 bridgehead atoms. The van der Waals surface area contributed by atoms with Crippen molar-refractivity contribution in [3.8, 4) is 0 Å². The molecule has 3 aromatic rings. The first-order chi connectivity index (χ1) is 14.7. The lowest BCUT2D eigenvalue weighted by Crippen LogP contribution is -2.47. The van der Waals surface area contributed by atoms with Crippen LogP contribution in [0.25, 0.3) is 0 Å². The fraction of sp³-hybridized carbons (Fsp3) is 0.318. The summed E-state index contributed by atoms with van der Waals surface area (Å²) >= 11 is 0. The molecular formula is C22H25FN6O.